The summed E-state index contributed by atoms with van der Waals surface area (Å²) in [6.45, 7) is 9.56. The van der Waals surface area contributed by atoms with Gasteiger partial charge in [-0.3, -0.25) is 0 Å². The number of nitrogens with zero attached hydrogens (tertiary/aromatic N) is 1. The molecule has 1 amide bonds. The van der Waals surface area contributed by atoms with E-state index in [4.69, 9.17) is 19.9 Å². The Morgan fingerprint density at radius 2 is 1.84 bits per heavy atom. The van der Waals surface area contributed by atoms with Crippen molar-refractivity contribution < 1.29 is 24.1 Å². The van der Waals surface area contributed by atoms with Crippen LogP contribution in [-0.2, 0) is 22.6 Å². The minimum absolute atomic E-state index is 0.105. The van der Waals surface area contributed by atoms with Crippen LogP contribution in [0.1, 0.15) is 29.0 Å². The lowest BCUT2D eigenvalue weighted by atomic mass is 9.86. The smallest absolute Gasteiger partial charge is 0.407 e. The van der Waals surface area contributed by atoms with Crippen LogP contribution in [0, 0.1) is 0 Å². The highest BCUT2D eigenvalue weighted by molar-refractivity contribution is 6.76. The number of carbonyl (C=O) groups is 1. The Morgan fingerprint density at radius 3 is 2.55 bits per heavy atom. The number of hydrogen-bond acceptors (Lipinski definition) is 5. The summed E-state index contributed by atoms with van der Waals surface area (Å²) < 4.78 is 18.3. The first kappa shape index (κ1) is 28.1. The zero-order valence-electron chi connectivity index (χ0n) is 22.7. The molecule has 7 nitrogen and oxygen atoms in total. The molecular formula is C30H40N2O5Si. The maximum atomic E-state index is 11.7. The molecule has 1 fully saturated rings. The van der Waals surface area contributed by atoms with Crippen molar-refractivity contribution in [2.45, 2.75) is 57.3 Å². The van der Waals surface area contributed by atoms with Gasteiger partial charge in [0.15, 0.2) is 6.79 Å². The van der Waals surface area contributed by atoms with Crippen LogP contribution in [0.4, 0.5) is 4.79 Å². The lowest BCUT2D eigenvalue weighted by molar-refractivity contribution is -0.0201. The molecule has 2 unspecified atom stereocenters. The van der Waals surface area contributed by atoms with E-state index in [1.807, 2.05) is 36.4 Å². The standard InChI is InChI=1S/C30H40N2O5Si/c1-38(2,3)15-14-35-21-37-28-17-23(16-25-6-4-5-7-26(25)28)20-36-29-19-32(30(33)34)13-12-27(29)24-10-8-22(18-31)9-11-24/h4-11,16-17,27,29H,12-15,18-21,31H2,1-3H3,(H,33,34). The molecule has 0 radical (unpaired) electrons. The van der Waals surface area contributed by atoms with Crippen molar-refractivity contribution >= 4 is 24.9 Å². The number of carboxylic acid groups (broad SMARTS) is 1. The Morgan fingerprint density at radius 1 is 1.08 bits per heavy atom. The third-order valence-electron chi connectivity index (χ3n) is 7.12. The highest BCUT2D eigenvalue weighted by atomic mass is 28.3. The lowest BCUT2D eigenvalue weighted by Gasteiger charge is -2.37. The van der Waals surface area contributed by atoms with Gasteiger partial charge in [-0.25, -0.2) is 4.79 Å². The van der Waals surface area contributed by atoms with E-state index < -0.39 is 14.2 Å². The van der Waals surface area contributed by atoms with Crippen LogP contribution in [-0.4, -0.2) is 56.8 Å². The van der Waals surface area contributed by atoms with E-state index in [0.717, 1.165) is 39.3 Å². The van der Waals surface area contributed by atoms with Gasteiger partial charge in [0.25, 0.3) is 0 Å². The second-order valence-corrected chi connectivity index (χ2v) is 16.8. The minimum Gasteiger partial charge on any atom is -0.467 e. The van der Waals surface area contributed by atoms with Crippen molar-refractivity contribution in [2.75, 3.05) is 26.5 Å². The predicted molar refractivity (Wildman–Crippen MR) is 153 cm³/mol. The Kier molecular flexibility index (Phi) is 9.43. The Hall–Kier alpha value is -2.91. The molecule has 38 heavy (non-hydrogen) atoms. The van der Waals surface area contributed by atoms with E-state index in [2.05, 4.69) is 43.9 Å². The monoisotopic (exact) mass is 536 g/mol. The summed E-state index contributed by atoms with van der Waals surface area (Å²) in [4.78, 5) is 13.2. The van der Waals surface area contributed by atoms with Gasteiger partial charge < -0.3 is 30.0 Å². The third kappa shape index (κ3) is 7.57. The van der Waals surface area contributed by atoms with E-state index in [-0.39, 0.29) is 18.8 Å². The first-order valence-electron chi connectivity index (χ1n) is 13.3. The van der Waals surface area contributed by atoms with Crippen LogP contribution < -0.4 is 10.5 Å². The molecule has 204 valence electrons. The second kappa shape index (κ2) is 12.8. The number of ether oxygens (including phenoxy) is 3. The average Bonchev–Trinajstić information content (AvgIpc) is 2.91. The van der Waals surface area contributed by atoms with Crippen LogP contribution >= 0.6 is 0 Å². The van der Waals surface area contributed by atoms with Gasteiger partial charge in [-0.1, -0.05) is 68.2 Å². The van der Waals surface area contributed by atoms with Crippen LogP contribution in [0.3, 0.4) is 0 Å². The predicted octanol–water partition coefficient (Wildman–Crippen LogP) is 6.04. The lowest BCUT2D eigenvalue weighted by Crippen LogP contribution is -2.46. The van der Waals surface area contributed by atoms with E-state index in [1.54, 1.807) is 0 Å². The largest absolute Gasteiger partial charge is 0.467 e. The van der Waals surface area contributed by atoms with Gasteiger partial charge in [-0.15, -0.1) is 0 Å². The molecule has 4 rings (SSSR count). The molecule has 1 saturated heterocycles. The zero-order chi connectivity index (χ0) is 27.1. The molecule has 0 saturated carbocycles. The molecule has 2 atom stereocenters. The SMILES string of the molecule is C[Si](C)(C)CCOCOc1cc(COC2CN(C(=O)O)CCC2c2ccc(CN)cc2)cc2ccccc12. The summed E-state index contributed by atoms with van der Waals surface area (Å²) in [5, 5.41) is 11.7. The van der Waals surface area contributed by atoms with E-state index in [0.29, 0.717) is 39.3 Å². The van der Waals surface area contributed by atoms with Gasteiger partial charge in [-0.2, -0.15) is 0 Å². The summed E-state index contributed by atoms with van der Waals surface area (Å²) in [5.41, 5.74) is 8.97. The van der Waals surface area contributed by atoms with Crippen molar-refractivity contribution in [1.82, 2.24) is 4.90 Å². The van der Waals surface area contributed by atoms with Crippen LogP contribution in [0.25, 0.3) is 10.8 Å². The Labute approximate surface area is 226 Å². The molecule has 8 heteroatoms. The van der Waals surface area contributed by atoms with Crippen LogP contribution in [0.15, 0.2) is 60.7 Å². The van der Waals surface area contributed by atoms with Gasteiger partial charge >= 0.3 is 6.09 Å². The number of nitrogens with two attached hydrogens (primary N) is 1. The fourth-order valence-electron chi connectivity index (χ4n) is 4.82. The van der Waals surface area contributed by atoms with Gasteiger partial charge in [0.05, 0.1) is 19.3 Å². The van der Waals surface area contributed by atoms with E-state index in [9.17, 15) is 9.90 Å². The molecule has 1 aliphatic rings. The normalized spacial score (nSPS) is 18.1. The van der Waals surface area contributed by atoms with Gasteiger partial charge in [0.2, 0.25) is 0 Å². The summed E-state index contributed by atoms with van der Waals surface area (Å²) in [7, 11) is -1.16. The van der Waals surface area contributed by atoms with Crippen molar-refractivity contribution in [3.63, 3.8) is 0 Å². The summed E-state index contributed by atoms with van der Waals surface area (Å²) in [6, 6.07) is 21.6. The van der Waals surface area contributed by atoms with Crippen molar-refractivity contribution in [3.05, 3.63) is 77.4 Å². The molecular weight excluding hydrogens is 496 g/mol. The Bertz CT molecular complexity index is 1210. The summed E-state index contributed by atoms with van der Waals surface area (Å²) in [6.07, 6.45) is -0.463. The molecule has 0 spiro atoms. The maximum Gasteiger partial charge on any atom is 0.407 e. The van der Waals surface area contributed by atoms with E-state index in [1.165, 1.54) is 4.90 Å². The number of benzene rings is 3. The fourth-order valence-corrected chi connectivity index (χ4v) is 5.58. The van der Waals surface area contributed by atoms with Gasteiger partial charge in [0, 0.05) is 39.1 Å². The molecule has 0 aromatic heterocycles. The zero-order valence-corrected chi connectivity index (χ0v) is 23.7. The number of piperidine rings is 1. The Balaban J connectivity index is 1.48. The van der Waals surface area contributed by atoms with E-state index >= 15 is 0 Å². The quantitative estimate of drug-likeness (QED) is 0.176. The van der Waals surface area contributed by atoms with Crippen LogP contribution in [0.5, 0.6) is 5.75 Å². The minimum atomic E-state index is -1.16. The molecule has 1 heterocycles. The molecule has 3 N–H and O–H groups in total. The summed E-state index contributed by atoms with van der Waals surface area (Å²) in [5.74, 6) is 0.868. The van der Waals surface area contributed by atoms with Crippen molar-refractivity contribution in [1.29, 1.82) is 0 Å². The maximum absolute atomic E-state index is 11.7. The molecule has 3 aromatic carbocycles. The number of likely N-dealkylation sites (tertiary alicyclic amines) is 1. The number of amides is 1. The molecule has 3 aromatic rings. The topological polar surface area (TPSA) is 94.2 Å². The number of hydrogen-bond donors (Lipinski definition) is 2. The van der Waals surface area contributed by atoms with Gasteiger partial charge in [0.1, 0.15) is 5.75 Å². The molecule has 1 aliphatic heterocycles. The average molecular weight is 537 g/mol. The van der Waals surface area contributed by atoms with Crippen molar-refractivity contribution in [2.24, 2.45) is 5.73 Å². The van der Waals surface area contributed by atoms with Gasteiger partial charge in [-0.05, 0) is 46.7 Å². The first-order chi connectivity index (χ1) is 18.2. The second-order valence-electron chi connectivity index (χ2n) is 11.2. The molecule has 0 aliphatic carbocycles. The highest BCUT2D eigenvalue weighted by Gasteiger charge is 2.33. The van der Waals surface area contributed by atoms with Crippen molar-refractivity contribution in [3.8, 4) is 5.75 Å². The van der Waals surface area contributed by atoms with Crippen LogP contribution in [0.2, 0.25) is 25.7 Å². The summed E-state index contributed by atoms with van der Waals surface area (Å²) >= 11 is 0. The fraction of sp³-hybridized carbons (Fsp3) is 0.433. The number of fused-ring (bicyclic) bond motifs is 1. The molecule has 0 bridgehead atoms. The highest BCUT2D eigenvalue weighted by Crippen LogP contribution is 2.33. The first-order valence-corrected chi connectivity index (χ1v) is 17.0. The third-order valence-corrected chi connectivity index (χ3v) is 8.82. The number of rotatable bonds is 11.